The summed E-state index contributed by atoms with van der Waals surface area (Å²) < 4.78 is 5.68. The van der Waals surface area contributed by atoms with Crippen LogP contribution in [0.4, 0.5) is 5.69 Å². The van der Waals surface area contributed by atoms with Crippen LogP contribution in [0.15, 0.2) is 48.5 Å². The molecule has 0 saturated carbocycles. The van der Waals surface area contributed by atoms with E-state index in [9.17, 15) is 4.79 Å². The molecule has 2 aliphatic rings. The molecule has 0 radical (unpaired) electrons. The Hall–Kier alpha value is -2.37. The molecule has 1 unspecified atom stereocenters. The lowest BCUT2D eigenvalue weighted by molar-refractivity contribution is 0.0169. The van der Waals surface area contributed by atoms with Crippen LogP contribution in [0.2, 0.25) is 0 Å². The van der Waals surface area contributed by atoms with E-state index in [-0.39, 0.29) is 12.0 Å². The maximum absolute atomic E-state index is 12.4. The van der Waals surface area contributed by atoms with Gasteiger partial charge in [-0.3, -0.25) is 4.79 Å². The van der Waals surface area contributed by atoms with Crippen LogP contribution in [-0.4, -0.2) is 51.3 Å². The van der Waals surface area contributed by atoms with Gasteiger partial charge in [-0.05, 0) is 54.7 Å². The van der Waals surface area contributed by atoms with Crippen molar-refractivity contribution < 1.29 is 9.53 Å². The van der Waals surface area contributed by atoms with Crippen molar-refractivity contribution in [1.82, 2.24) is 10.6 Å². The number of ether oxygens (including phenoxy) is 1. The normalized spacial score (nSPS) is 20.0. The SMILES string of the molecule is O=C(NCC1CCCCO1)c1ccc(-c2cccc(N3CCNCC3)c2)cc1. The van der Waals surface area contributed by atoms with Crippen LogP contribution in [0.1, 0.15) is 29.6 Å². The number of nitrogens with one attached hydrogen (secondary N) is 2. The van der Waals surface area contributed by atoms with Gasteiger partial charge in [-0.25, -0.2) is 0 Å². The summed E-state index contributed by atoms with van der Waals surface area (Å²) in [4.78, 5) is 14.8. The van der Waals surface area contributed by atoms with Crippen molar-refractivity contribution in [3.63, 3.8) is 0 Å². The molecule has 2 heterocycles. The van der Waals surface area contributed by atoms with E-state index in [1.54, 1.807) is 0 Å². The molecular weight excluding hydrogens is 350 g/mol. The lowest BCUT2D eigenvalue weighted by Crippen LogP contribution is -2.43. The van der Waals surface area contributed by atoms with E-state index in [0.29, 0.717) is 12.1 Å². The summed E-state index contributed by atoms with van der Waals surface area (Å²) in [6, 6.07) is 16.5. The molecule has 2 N–H and O–H groups in total. The van der Waals surface area contributed by atoms with Crippen LogP contribution >= 0.6 is 0 Å². The Morgan fingerprint density at radius 3 is 2.64 bits per heavy atom. The topological polar surface area (TPSA) is 53.6 Å². The van der Waals surface area contributed by atoms with Gasteiger partial charge in [0.25, 0.3) is 5.91 Å². The van der Waals surface area contributed by atoms with Crippen LogP contribution in [0.5, 0.6) is 0 Å². The summed E-state index contributed by atoms with van der Waals surface area (Å²) >= 11 is 0. The number of piperazine rings is 1. The lowest BCUT2D eigenvalue weighted by atomic mass is 10.0. The number of anilines is 1. The third-order valence-corrected chi connectivity index (χ3v) is 5.57. The number of carbonyl (C=O) groups excluding carboxylic acids is 1. The fraction of sp³-hybridized carbons (Fsp3) is 0.435. The lowest BCUT2D eigenvalue weighted by Gasteiger charge is -2.29. The summed E-state index contributed by atoms with van der Waals surface area (Å²) in [5, 5.41) is 6.39. The molecule has 5 heteroatoms. The average Bonchev–Trinajstić information content (AvgIpc) is 2.79. The molecule has 0 aliphatic carbocycles. The van der Waals surface area contributed by atoms with Gasteiger partial charge in [-0.1, -0.05) is 24.3 Å². The quantitative estimate of drug-likeness (QED) is 0.838. The second-order valence-electron chi connectivity index (χ2n) is 7.56. The molecule has 5 nitrogen and oxygen atoms in total. The molecule has 148 valence electrons. The van der Waals surface area contributed by atoms with Crippen molar-refractivity contribution in [1.29, 1.82) is 0 Å². The van der Waals surface area contributed by atoms with Gasteiger partial charge < -0.3 is 20.3 Å². The van der Waals surface area contributed by atoms with E-state index >= 15 is 0 Å². The monoisotopic (exact) mass is 379 g/mol. The first-order chi connectivity index (χ1) is 13.8. The zero-order valence-corrected chi connectivity index (χ0v) is 16.3. The molecule has 28 heavy (non-hydrogen) atoms. The Kier molecular flexibility index (Phi) is 6.24. The smallest absolute Gasteiger partial charge is 0.251 e. The highest BCUT2D eigenvalue weighted by molar-refractivity contribution is 5.94. The third-order valence-electron chi connectivity index (χ3n) is 5.57. The van der Waals surface area contributed by atoms with Gasteiger partial charge in [0, 0.05) is 50.6 Å². The highest BCUT2D eigenvalue weighted by Crippen LogP contribution is 2.25. The number of nitrogens with zero attached hydrogens (tertiary/aromatic N) is 1. The fourth-order valence-corrected chi connectivity index (χ4v) is 3.90. The maximum atomic E-state index is 12.4. The van der Waals surface area contributed by atoms with E-state index in [0.717, 1.165) is 51.2 Å². The van der Waals surface area contributed by atoms with Crippen molar-refractivity contribution in [2.24, 2.45) is 0 Å². The Labute approximate surface area is 167 Å². The van der Waals surface area contributed by atoms with Gasteiger partial charge in [0.05, 0.1) is 6.10 Å². The number of carbonyl (C=O) groups is 1. The molecule has 2 aromatic carbocycles. The molecule has 4 rings (SSSR count). The highest BCUT2D eigenvalue weighted by atomic mass is 16.5. The third kappa shape index (κ3) is 4.72. The number of hydrogen-bond donors (Lipinski definition) is 2. The van der Waals surface area contributed by atoms with Gasteiger partial charge >= 0.3 is 0 Å². The van der Waals surface area contributed by atoms with Crippen LogP contribution in [0, 0.1) is 0 Å². The molecule has 1 amide bonds. The second kappa shape index (κ2) is 9.22. The fourth-order valence-electron chi connectivity index (χ4n) is 3.90. The standard InChI is InChI=1S/C23H29N3O2/c27-23(25-17-22-6-1-2-15-28-22)19-9-7-18(8-10-19)20-4-3-5-21(16-20)26-13-11-24-12-14-26/h3-5,7-10,16,22,24H,1-2,6,11-15,17H2,(H,25,27). The molecular formula is C23H29N3O2. The molecule has 2 saturated heterocycles. The van der Waals surface area contributed by atoms with Crippen LogP contribution in [0.25, 0.3) is 11.1 Å². The molecule has 2 fully saturated rings. The highest BCUT2D eigenvalue weighted by Gasteiger charge is 2.15. The largest absolute Gasteiger partial charge is 0.376 e. The van der Waals surface area contributed by atoms with Gasteiger partial charge in [0.1, 0.15) is 0 Å². The number of hydrogen-bond acceptors (Lipinski definition) is 4. The number of amides is 1. The van der Waals surface area contributed by atoms with E-state index in [1.165, 1.54) is 17.7 Å². The first kappa shape index (κ1) is 19.0. The van der Waals surface area contributed by atoms with Crippen LogP contribution in [0.3, 0.4) is 0 Å². The second-order valence-corrected chi connectivity index (χ2v) is 7.56. The molecule has 0 aromatic heterocycles. The predicted octanol–water partition coefficient (Wildman–Crippen LogP) is 3.06. The van der Waals surface area contributed by atoms with E-state index in [4.69, 9.17) is 4.74 Å². The Balaban J connectivity index is 1.39. The number of rotatable bonds is 5. The maximum Gasteiger partial charge on any atom is 0.251 e. The molecule has 2 aliphatic heterocycles. The Morgan fingerprint density at radius 2 is 1.89 bits per heavy atom. The molecule has 2 aromatic rings. The minimum atomic E-state index is -0.0321. The van der Waals surface area contributed by atoms with Crippen molar-refractivity contribution in [3.05, 3.63) is 54.1 Å². The van der Waals surface area contributed by atoms with Crippen LogP contribution in [-0.2, 0) is 4.74 Å². The summed E-state index contributed by atoms with van der Waals surface area (Å²) in [7, 11) is 0. The first-order valence-electron chi connectivity index (χ1n) is 10.4. The summed E-state index contributed by atoms with van der Waals surface area (Å²) in [6.07, 6.45) is 3.50. The molecule has 0 spiro atoms. The number of benzene rings is 2. The molecule has 0 bridgehead atoms. The van der Waals surface area contributed by atoms with Gasteiger partial charge in [-0.2, -0.15) is 0 Å². The van der Waals surface area contributed by atoms with E-state index in [2.05, 4.69) is 39.8 Å². The summed E-state index contributed by atoms with van der Waals surface area (Å²) in [5.41, 5.74) is 4.26. The van der Waals surface area contributed by atoms with Gasteiger partial charge in [0.2, 0.25) is 0 Å². The summed E-state index contributed by atoms with van der Waals surface area (Å²) in [6.45, 7) is 5.52. The zero-order valence-electron chi connectivity index (χ0n) is 16.3. The minimum Gasteiger partial charge on any atom is -0.376 e. The Morgan fingerprint density at radius 1 is 1.07 bits per heavy atom. The van der Waals surface area contributed by atoms with Gasteiger partial charge in [0.15, 0.2) is 0 Å². The van der Waals surface area contributed by atoms with E-state index < -0.39 is 0 Å². The first-order valence-corrected chi connectivity index (χ1v) is 10.4. The molecule has 1 atom stereocenters. The van der Waals surface area contributed by atoms with Crippen molar-refractivity contribution >= 4 is 11.6 Å². The van der Waals surface area contributed by atoms with E-state index in [1.807, 2.05) is 24.3 Å². The Bertz CT molecular complexity index is 779. The zero-order chi connectivity index (χ0) is 19.2. The van der Waals surface area contributed by atoms with Gasteiger partial charge in [-0.15, -0.1) is 0 Å². The predicted molar refractivity (Wildman–Crippen MR) is 113 cm³/mol. The van der Waals surface area contributed by atoms with Crippen molar-refractivity contribution in [2.45, 2.75) is 25.4 Å². The van der Waals surface area contributed by atoms with Crippen molar-refractivity contribution in [2.75, 3.05) is 44.2 Å². The van der Waals surface area contributed by atoms with Crippen LogP contribution < -0.4 is 15.5 Å². The minimum absolute atomic E-state index is 0.0321. The summed E-state index contributed by atoms with van der Waals surface area (Å²) in [5.74, 6) is -0.0321. The van der Waals surface area contributed by atoms with Crippen molar-refractivity contribution in [3.8, 4) is 11.1 Å². The average molecular weight is 380 g/mol.